The van der Waals surface area contributed by atoms with Crippen molar-refractivity contribution in [1.29, 1.82) is 0 Å². The summed E-state index contributed by atoms with van der Waals surface area (Å²) in [6.07, 6.45) is 0.814. The second kappa shape index (κ2) is 4.34. The van der Waals surface area contributed by atoms with Crippen LogP contribution in [0, 0.1) is 11.5 Å². The van der Waals surface area contributed by atoms with E-state index in [4.69, 9.17) is 0 Å². The second-order valence-electron chi connectivity index (χ2n) is 7.80. The van der Waals surface area contributed by atoms with E-state index in [1.165, 1.54) is 0 Å². The Labute approximate surface area is 112 Å². The number of nitrogens with zero attached hydrogens (tertiary/aromatic N) is 1. The quantitative estimate of drug-likeness (QED) is 0.542. The molecule has 0 saturated carbocycles. The van der Waals surface area contributed by atoms with Crippen LogP contribution in [-0.2, 0) is 5.21 Å². The van der Waals surface area contributed by atoms with Crippen LogP contribution in [0.25, 0.3) is 0 Å². The highest BCUT2D eigenvalue weighted by molar-refractivity contribution is 6.83. The van der Waals surface area contributed by atoms with Crippen molar-refractivity contribution in [2.24, 2.45) is 0 Å². The molecule has 1 aliphatic heterocycles. The summed E-state index contributed by atoms with van der Waals surface area (Å²) in [7, 11) is -1.51. The van der Waals surface area contributed by atoms with E-state index in [1.807, 2.05) is 27.7 Å². The summed E-state index contributed by atoms with van der Waals surface area (Å²) in [5.41, 5.74) is 1.05. The largest absolute Gasteiger partial charge is 0.377 e. The predicted molar refractivity (Wildman–Crippen MR) is 76.0 cm³/mol. The summed E-state index contributed by atoms with van der Waals surface area (Å²) in [5, 5.41) is 24.0. The molecule has 18 heavy (non-hydrogen) atoms. The monoisotopic (exact) mass is 268 g/mol. The molecular formula is C14H26NO2Si. The third kappa shape index (κ3) is 3.58. The van der Waals surface area contributed by atoms with Crippen molar-refractivity contribution in [2.75, 3.05) is 0 Å². The topological polar surface area (TPSA) is 43.4 Å². The van der Waals surface area contributed by atoms with Gasteiger partial charge in [-0.15, -0.1) is 15.8 Å². The lowest BCUT2D eigenvalue weighted by atomic mass is 9.73. The number of hydrogen-bond donors (Lipinski definition) is 1. The van der Waals surface area contributed by atoms with Crippen LogP contribution in [0.4, 0.5) is 0 Å². The SMILES string of the molecule is CC1(C)CC(O)(C#C[Si](C)(C)C)CC(C)(C)N1[O]. The van der Waals surface area contributed by atoms with E-state index in [0.717, 1.165) is 5.06 Å². The van der Waals surface area contributed by atoms with Gasteiger partial charge in [-0.2, -0.15) is 0 Å². The van der Waals surface area contributed by atoms with Gasteiger partial charge in [-0.3, -0.25) is 0 Å². The molecule has 0 atom stereocenters. The molecular weight excluding hydrogens is 242 g/mol. The molecule has 1 radical (unpaired) electrons. The standard InChI is InChI=1S/C14H26NO2Si/c1-12(2)10-14(16,8-9-18(5,6)7)11-13(3,4)15(12)17/h16H,10-11H2,1-7H3. The van der Waals surface area contributed by atoms with Crippen LogP contribution >= 0.6 is 0 Å². The van der Waals surface area contributed by atoms with Gasteiger partial charge < -0.3 is 5.11 Å². The van der Waals surface area contributed by atoms with Crippen LogP contribution < -0.4 is 0 Å². The molecule has 1 fully saturated rings. The molecule has 1 rings (SSSR count). The predicted octanol–water partition coefficient (Wildman–Crippen LogP) is 2.60. The molecule has 3 nitrogen and oxygen atoms in total. The molecule has 1 aliphatic rings. The van der Waals surface area contributed by atoms with Crippen LogP contribution in [0.5, 0.6) is 0 Å². The van der Waals surface area contributed by atoms with E-state index in [1.54, 1.807) is 0 Å². The van der Waals surface area contributed by atoms with E-state index in [2.05, 4.69) is 31.1 Å². The second-order valence-corrected chi connectivity index (χ2v) is 12.6. The molecule has 1 N–H and O–H groups in total. The Bertz CT molecular complexity index is 367. The summed E-state index contributed by atoms with van der Waals surface area (Å²) in [6.45, 7) is 14.0. The van der Waals surface area contributed by atoms with Crippen LogP contribution in [0.15, 0.2) is 0 Å². The maximum absolute atomic E-state index is 12.2. The number of hydrogen-bond acceptors (Lipinski definition) is 2. The molecule has 4 heteroatoms. The van der Waals surface area contributed by atoms with E-state index in [-0.39, 0.29) is 0 Å². The fourth-order valence-corrected chi connectivity index (χ4v) is 3.46. The average Bonchev–Trinajstić information content (AvgIpc) is 2.09. The lowest BCUT2D eigenvalue weighted by Gasteiger charge is -2.51. The van der Waals surface area contributed by atoms with Crippen molar-refractivity contribution in [2.45, 2.75) is 76.9 Å². The Morgan fingerprint density at radius 1 is 1.06 bits per heavy atom. The van der Waals surface area contributed by atoms with E-state index < -0.39 is 24.8 Å². The Balaban J connectivity index is 3.08. The van der Waals surface area contributed by atoms with Crippen LogP contribution in [-0.4, -0.2) is 34.9 Å². The van der Waals surface area contributed by atoms with Crippen molar-refractivity contribution >= 4 is 8.07 Å². The fourth-order valence-electron chi connectivity index (χ4n) is 2.85. The van der Waals surface area contributed by atoms with Crippen molar-refractivity contribution < 1.29 is 10.3 Å². The molecule has 0 aromatic rings. The summed E-state index contributed by atoms with van der Waals surface area (Å²) >= 11 is 0. The van der Waals surface area contributed by atoms with E-state index in [0.29, 0.717) is 12.8 Å². The molecule has 0 unspecified atom stereocenters. The number of rotatable bonds is 0. The van der Waals surface area contributed by atoms with Crippen LogP contribution in [0.2, 0.25) is 19.6 Å². The van der Waals surface area contributed by atoms with Crippen molar-refractivity contribution in [3.63, 3.8) is 0 Å². The first kappa shape index (κ1) is 15.7. The Morgan fingerprint density at radius 2 is 1.44 bits per heavy atom. The highest BCUT2D eigenvalue weighted by atomic mass is 28.3. The lowest BCUT2D eigenvalue weighted by molar-refractivity contribution is -0.305. The highest BCUT2D eigenvalue weighted by Gasteiger charge is 2.52. The van der Waals surface area contributed by atoms with Gasteiger partial charge in [-0.05, 0) is 27.7 Å². The Morgan fingerprint density at radius 3 is 1.78 bits per heavy atom. The minimum absolute atomic E-state index is 0.407. The van der Waals surface area contributed by atoms with Gasteiger partial charge >= 0.3 is 0 Å². The molecule has 1 saturated heterocycles. The summed E-state index contributed by atoms with van der Waals surface area (Å²) in [6, 6.07) is 0. The maximum atomic E-state index is 12.2. The van der Waals surface area contributed by atoms with E-state index in [9.17, 15) is 10.3 Å². The van der Waals surface area contributed by atoms with Crippen LogP contribution in [0.3, 0.4) is 0 Å². The molecule has 0 aromatic heterocycles. The first-order valence-corrected chi connectivity index (χ1v) is 10.0. The number of piperidine rings is 1. The van der Waals surface area contributed by atoms with Gasteiger partial charge in [0.25, 0.3) is 0 Å². The first-order valence-electron chi connectivity index (χ1n) is 6.52. The summed E-state index contributed by atoms with van der Waals surface area (Å²) in [5.74, 6) is 3.07. The van der Waals surface area contributed by atoms with Crippen molar-refractivity contribution in [1.82, 2.24) is 5.06 Å². The summed E-state index contributed by atoms with van der Waals surface area (Å²) < 4.78 is 0. The van der Waals surface area contributed by atoms with Gasteiger partial charge in [0.2, 0.25) is 0 Å². The zero-order valence-electron chi connectivity index (χ0n) is 12.7. The van der Waals surface area contributed by atoms with Gasteiger partial charge in [-0.25, -0.2) is 0 Å². The van der Waals surface area contributed by atoms with Crippen molar-refractivity contribution in [3.8, 4) is 11.5 Å². The minimum atomic E-state index is -1.51. The fraction of sp³-hybridized carbons (Fsp3) is 0.857. The normalized spacial score (nSPS) is 26.3. The lowest BCUT2D eigenvalue weighted by Crippen LogP contribution is -2.63. The Hall–Kier alpha value is -0.343. The third-order valence-corrected chi connectivity index (χ3v) is 4.09. The highest BCUT2D eigenvalue weighted by Crippen LogP contribution is 2.42. The third-order valence-electron chi connectivity index (χ3n) is 3.22. The average molecular weight is 268 g/mol. The summed E-state index contributed by atoms with van der Waals surface area (Å²) in [4.78, 5) is 0. The molecule has 0 spiro atoms. The molecule has 0 aliphatic carbocycles. The van der Waals surface area contributed by atoms with Crippen molar-refractivity contribution in [3.05, 3.63) is 0 Å². The Kier molecular flexibility index (Phi) is 3.79. The first-order chi connectivity index (χ1) is 7.78. The molecule has 0 amide bonds. The van der Waals surface area contributed by atoms with Gasteiger partial charge in [0.05, 0.1) is 0 Å². The van der Waals surface area contributed by atoms with E-state index >= 15 is 0 Å². The van der Waals surface area contributed by atoms with Gasteiger partial charge in [0.1, 0.15) is 13.7 Å². The van der Waals surface area contributed by atoms with Crippen LogP contribution in [0.1, 0.15) is 40.5 Å². The van der Waals surface area contributed by atoms with Gasteiger partial charge in [0.15, 0.2) is 0 Å². The zero-order valence-corrected chi connectivity index (χ0v) is 13.7. The molecule has 1 heterocycles. The minimum Gasteiger partial charge on any atom is -0.377 e. The molecule has 0 aromatic carbocycles. The number of hydroxylamine groups is 2. The smallest absolute Gasteiger partial charge is 0.129 e. The molecule has 0 bridgehead atoms. The van der Waals surface area contributed by atoms with Gasteiger partial charge in [-0.1, -0.05) is 25.6 Å². The van der Waals surface area contributed by atoms with Gasteiger partial charge in [0, 0.05) is 23.9 Å². The number of aliphatic hydroxyl groups is 1. The maximum Gasteiger partial charge on any atom is 0.129 e. The zero-order chi connectivity index (χ0) is 14.4. The molecule has 103 valence electrons.